The van der Waals surface area contributed by atoms with Crippen LogP contribution in [0.1, 0.15) is 49.1 Å². The highest BCUT2D eigenvalue weighted by atomic mass is 19.1. The fourth-order valence-corrected chi connectivity index (χ4v) is 4.02. The summed E-state index contributed by atoms with van der Waals surface area (Å²) in [6.45, 7) is 8.41. The molecule has 5 heteroatoms. The van der Waals surface area contributed by atoms with E-state index in [1.165, 1.54) is 0 Å². The third-order valence-corrected chi connectivity index (χ3v) is 6.08. The summed E-state index contributed by atoms with van der Waals surface area (Å²) in [5.41, 5.74) is 5.29. The van der Waals surface area contributed by atoms with Gasteiger partial charge in [0.25, 0.3) is 0 Å². The van der Waals surface area contributed by atoms with Gasteiger partial charge in [-0.1, -0.05) is 60.7 Å². The van der Waals surface area contributed by atoms with E-state index < -0.39 is 6.10 Å². The van der Waals surface area contributed by atoms with Crippen LogP contribution in [0.15, 0.2) is 66.7 Å². The highest BCUT2D eigenvalue weighted by molar-refractivity contribution is 5.68. The third kappa shape index (κ3) is 7.21. The first kappa shape index (κ1) is 26.0. The number of aliphatic hydroxyl groups is 2. The fourth-order valence-electron chi connectivity index (χ4n) is 4.02. The molecule has 2 atom stereocenters. The lowest BCUT2D eigenvalue weighted by Crippen LogP contribution is -2.46. The number of halogens is 1. The van der Waals surface area contributed by atoms with Crippen molar-refractivity contribution in [3.05, 3.63) is 94.8 Å². The molecule has 0 aliphatic carbocycles. The lowest BCUT2D eigenvalue weighted by atomic mass is 9.94. The topological polar surface area (TPSA) is 61.7 Å². The number of rotatable bonds is 11. The van der Waals surface area contributed by atoms with E-state index in [0.717, 1.165) is 27.8 Å². The van der Waals surface area contributed by atoms with Gasteiger partial charge in [0.05, 0.1) is 25.4 Å². The molecule has 0 spiro atoms. The maximum absolute atomic E-state index is 13.9. The van der Waals surface area contributed by atoms with Gasteiger partial charge in [0.15, 0.2) is 0 Å². The maximum Gasteiger partial charge on any atom is 0.126 e. The predicted octanol–water partition coefficient (Wildman–Crippen LogP) is 5.34. The Morgan fingerprint density at radius 2 is 1.68 bits per heavy atom. The van der Waals surface area contributed by atoms with E-state index in [9.17, 15) is 14.6 Å². The number of nitrogens with one attached hydrogen (secondary N) is 1. The van der Waals surface area contributed by atoms with Crippen LogP contribution in [-0.4, -0.2) is 35.0 Å². The molecule has 1 unspecified atom stereocenters. The molecule has 0 saturated heterocycles. The summed E-state index contributed by atoms with van der Waals surface area (Å²) in [6.07, 6.45) is -0.226. The second-order valence-electron chi connectivity index (χ2n) is 9.60. The SMILES string of the molecule is Cc1ccc(CC(C)(C)NC[C@@H](O)COC(C)c2ccccc2-c2ccc(CO)cc2)cc1F. The summed E-state index contributed by atoms with van der Waals surface area (Å²) >= 11 is 0. The second kappa shape index (κ2) is 11.7. The molecule has 3 aromatic rings. The Kier molecular flexibility index (Phi) is 8.97. The van der Waals surface area contributed by atoms with Gasteiger partial charge in [0.1, 0.15) is 5.82 Å². The average Bonchev–Trinajstić information content (AvgIpc) is 2.83. The highest BCUT2D eigenvalue weighted by Crippen LogP contribution is 2.30. The van der Waals surface area contributed by atoms with Gasteiger partial charge in [-0.25, -0.2) is 4.39 Å². The van der Waals surface area contributed by atoms with Crippen LogP contribution in [0, 0.1) is 12.7 Å². The lowest BCUT2D eigenvalue weighted by molar-refractivity contribution is -0.00397. The molecule has 0 aliphatic heterocycles. The van der Waals surface area contributed by atoms with Gasteiger partial charge in [0.2, 0.25) is 0 Å². The Labute approximate surface area is 202 Å². The molecule has 0 saturated carbocycles. The molecule has 0 bridgehead atoms. The first-order chi connectivity index (χ1) is 16.2. The molecule has 0 aliphatic rings. The number of β-amino-alcohol motifs (C(OH)–C–C–N with tert-alkyl or cyclic N) is 1. The van der Waals surface area contributed by atoms with Crippen molar-refractivity contribution in [3.8, 4) is 11.1 Å². The molecule has 0 amide bonds. The minimum Gasteiger partial charge on any atom is -0.392 e. The molecule has 3 aromatic carbocycles. The molecular weight excluding hydrogens is 429 g/mol. The van der Waals surface area contributed by atoms with E-state index in [2.05, 4.69) is 11.4 Å². The second-order valence-corrected chi connectivity index (χ2v) is 9.60. The van der Waals surface area contributed by atoms with Crippen molar-refractivity contribution in [2.45, 2.75) is 58.5 Å². The van der Waals surface area contributed by atoms with Crippen molar-refractivity contribution in [2.24, 2.45) is 0 Å². The number of benzene rings is 3. The summed E-state index contributed by atoms with van der Waals surface area (Å²) in [6, 6.07) is 21.2. The van der Waals surface area contributed by atoms with Crippen LogP contribution in [0.25, 0.3) is 11.1 Å². The zero-order valence-corrected chi connectivity index (χ0v) is 20.5. The molecule has 182 valence electrons. The zero-order chi connectivity index (χ0) is 24.7. The molecule has 4 nitrogen and oxygen atoms in total. The number of aryl methyl sites for hydroxylation is 1. The molecule has 0 aromatic heterocycles. The van der Waals surface area contributed by atoms with Gasteiger partial charge in [-0.3, -0.25) is 0 Å². The smallest absolute Gasteiger partial charge is 0.126 e. The number of ether oxygens (including phenoxy) is 1. The summed E-state index contributed by atoms with van der Waals surface area (Å²) in [7, 11) is 0. The molecule has 3 N–H and O–H groups in total. The van der Waals surface area contributed by atoms with Crippen molar-refractivity contribution in [1.82, 2.24) is 5.32 Å². The largest absolute Gasteiger partial charge is 0.392 e. The zero-order valence-electron chi connectivity index (χ0n) is 20.5. The normalized spacial score (nSPS) is 13.6. The minimum absolute atomic E-state index is 0.0199. The van der Waals surface area contributed by atoms with Crippen LogP contribution >= 0.6 is 0 Å². The van der Waals surface area contributed by atoms with E-state index in [-0.39, 0.29) is 30.7 Å². The van der Waals surface area contributed by atoms with Gasteiger partial charge in [0, 0.05) is 12.1 Å². The number of hydrogen-bond acceptors (Lipinski definition) is 4. The summed E-state index contributed by atoms with van der Waals surface area (Å²) in [5, 5.41) is 23.2. The average molecular weight is 466 g/mol. The molecular formula is C29H36FNO3. The quantitative estimate of drug-likeness (QED) is 0.358. The summed E-state index contributed by atoms with van der Waals surface area (Å²) in [5.74, 6) is -0.194. The van der Waals surface area contributed by atoms with Crippen LogP contribution in [0.4, 0.5) is 4.39 Å². The number of aliphatic hydroxyl groups excluding tert-OH is 2. The minimum atomic E-state index is -0.674. The fraction of sp³-hybridized carbons (Fsp3) is 0.379. The van der Waals surface area contributed by atoms with Crippen molar-refractivity contribution >= 4 is 0 Å². The highest BCUT2D eigenvalue weighted by Gasteiger charge is 2.21. The summed E-state index contributed by atoms with van der Waals surface area (Å²) < 4.78 is 19.9. The van der Waals surface area contributed by atoms with Crippen LogP contribution in [0.5, 0.6) is 0 Å². The van der Waals surface area contributed by atoms with Crippen LogP contribution < -0.4 is 5.32 Å². The Morgan fingerprint density at radius 3 is 2.35 bits per heavy atom. The maximum atomic E-state index is 13.9. The summed E-state index contributed by atoms with van der Waals surface area (Å²) in [4.78, 5) is 0. The Bertz CT molecular complexity index is 1070. The van der Waals surface area contributed by atoms with Crippen molar-refractivity contribution in [1.29, 1.82) is 0 Å². The monoisotopic (exact) mass is 465 g/mol. The van der Waals surface area contributed by atoms with Crippen molar-refractivity contribution in [3.63, 3.8) is 0 Å². The standard InChI is InChI=1S/C29H36FNO3/c1-20-9-10-23(15-28(20)30)16-29(3,4)31-17-25(33)19-34-21(2)26-7-5-6-8-27(26)24-13-11-22(18-32)12-14-24/h5-15,21,25,31-33H,16-19H2,1-4H3/t21?,25-/m1/s1. The van der Waals surface area contributed by atoms with E-state index >= 15 is 0 Å². The van der Waals surface area contributed by atoms with Gasteiger partial charge in [-0.05, 0) is 73.6 Å². The van der Waals surface area contributed by atoms with Gasteiger partial charge in [-0.15, -0.1) is 0 Å². The van der Waals surface area contributed by atoms with Crippen LogP contribution in [-0.2, 0) is 17.8 Å². The molecule has 0 heterocycles. The van der Waals surface area contributed by atoms with Crippen LogP contribution in [0.3, 0.4) is 0 Å². The Balaban J connectivity index is 1.54. The Hall–Kier alpha value is -2.57. The van der Waals surface area contributed by atoms with Crippen molar-refractivity contribution in [2.75, 3.05) is 13.2 Å². The van der Waals surface area contributed by atoms with Gasteiger partial charge < -0.3 is 20.3 Å². The van der Waals surface area contributed by atoms with Gasteiger partial charge in [-0.2, -0.15) is 0 Å². The van der Waals surface area contributed by atoms with E-state index in [1.54, 1.807) is 19.1 Å². The van der Waals surface area contributed by atoms with E-state index in [1.807, 2.05) is 69.3 Å². The van der Waals surface area contributed by atoms with E-state index in [0.29, 0.717) is 18.5 Å². The Morgan fingerprint density at radius 1 is 1.00 bits per heavy atom. The van der Waals surface area contributed by atoms with E-state index in [4.69, 9.17) is 4.74 Å². The van der Waals surface area contributed by atoms with Gasteiger partial charge >= 0.3 is 0 Å². The third-order valence-electron chi connectivity index (χ3n) is 6.08. The molecule has 34 heavy (non-hydrogen) atoms. The van der Waals surface area contributed by atoms with Crippen LogP contribution in [0.2, 0.25) is 0 Å². The number of hydrogen-bond donors (Lipinski definition) is 3. The predicted molar refractivity (Wildman–Crippen MR) is 135 cm³/mol. The molecule has 0 radical (unpaired) electrons. The first-order valence-electron chi connectivity index (χ1n) is 11.8. The van der Waals surface area contributed by atoms with Crippen molar-refractivity contribution < 1.29 is 19.3 Å². The lowest BCUT2D eigenvalue weighted by Gasteiger charge is -2.28. The molecule has 3 rings (SSSR count). The first-order valence-corrected chi connectivity index (χ1v) is 11.8. The molecule has 0 fully saturated rings.